The molecule has 5 heteroatoms. The minimum atomic E-state index is -0.839. The second-order valence-corrected chi connectivity index (χ2v) is 6.11. The van der Waals surface area contributed by atoms with Crippen LogP contribution in [0, 0.1) is 0 Å². The lowest BCUT2D eigenvalue weighted by molar-refractivity contribution is -0.132. The number of hydrogen-bond acceptors (Lipinski definition) is 4. The van der Waals surface area contributed by atoms with E-state index in [1.165, 1.54) is 0 Å². The molecule has 1 N–H and O–H groups in total. The fourth-order valence-electron chi connectivity index (χ4n) is 3.23. The predicted octanol–water partition coefficient (Wildman–Crippen LogP) is 0.987. The van der Waals surface area contributed by atoms with Gasteiger partial charge < -0.3 is 10.0 Å². The standard InChI is InChI=1S/C16H23N3O2/c20-15(19-9-3-4-10-19)13-18-11-6-16(21,7-12-18)14-5-1-2-8-17-14/h1-2,5,8,21H,3-4,6-7,9-13H2. The molecule has 2 saturated heterocycles. The highest BCUT2D eigenvalue weighted by atomic mass is 16.3. The number of carbonyl (C=O) groups is 1. The van der Waals surface area contributed by atoms with Crippen LogP contribution in [0.15, 0.2) is 24.4 Å². The molecule has 2 aliphatic heterocycles. The van der Waals surface area contributed by atoms with Crippen molar-refractivity contribution in [3.8, 4) is 0 Å². The van der Waals surface area contributed by atoms with E-state index in [0.717, 1.165) is 44.7 Å². The van der Waals surface area contributed by atoms with Crippen molar-refractivity contribution in [2.75, 3.05) is 32.7 Å². The number of likely N-dealkylation sites (tertiary alicyclic amines) is 2. The zero-order valence-electron chi connectivity index (χ0n) is 12.4. The minimum absolute atomic E-state index is 0.232. The number of rotatable bonds is 3. The van der Waals surface area contributed by atoms with Gasteiger partial charge in [-0.15, -0.1) is 0 Å². The van der Waals surface area contributed by atoms with Gasteiger partial charge in [-0.05, 0) is 37.8 Å². The van der Waals surface area contributed by atoms with Crippen LogP contribution >= 0.6 is 0 Å². The molecule has 0 aromatic carbocycles. The second-order valence-electron chi connectivity index (χ2n) is 6.11. The van der Waals surface area contributed by atoms with E-state index in [9.17, 15) is 9.90 Å². The van der Waals surface area contributed by atoms with Crippen molar-refractivity contribution in [2.45, 2.75) is 31.3 Å². The summed E-state index contributed by atoms with van der Waals surface area (Å²) in [6.45, 7) is 3.78. The van der Waals surface area contributed by atoms with Crippen molar-refractivity contribution in [1.82, 2.24) is 14.8 Å². The lowest BCUT2D eigenvalue weighted by Gasteiger charge is -2.37. The smallest absolute Gasteiger partial charge is 0.236 e. The quantitative estimate of drug-likeness (QED) is 0.901. The van der Waals surface area contributed by atoms with E-state index >= 15 is 0 Å². The highest BCUT2D eigenvalue weighted by Gasteiger charge is 2.35. The van der Waals surface area contributed by atoms with Gasteiger partial charge >= 0.3 is 0 Å². The second kappa shape index (κ2) is 6.12. The summed E-state index contributed by atoms with van der Waals surface area (Å²) in [4.78, 5) is 20.5. The van der Waals surface area contributed by atoms with Crippen molar-refractivity contribution in [3.05, 3.63) is 30.1 Å². The normalized spacial score (nSPS) is 22.4. The molecule has 1 aromatic heterocycles. The summed E-state index contributed by atoms with van der Waals surface area (Å²) in [6.07, 6.45) is 5.25. The van der Waals surface area contributed by atoms with Gasteiger partial charge in [-0.3, -0.25) is 14.7 Å². The molecular formula is C16H23N3O2. The van der Waals surface area contributed by atoms with Crippen molar-refractivity contribution in [3.63, 3.8) is 0 Å². The van der Waals surface area contributed by atoms with Gasteiger partial charge in [0.25, 0.3) is 0 Å². The zero-order valence-corrected chi connectivity index (χ0v) is 12.4. The fourth-order valence-corrected chi connectivity index (χ4v) is 3.23. The molecule has 0 bridgehead atoms. The van der Waals surface area contributed by atoms with E-state index in [2.05, 4.69) is 9.88 Å². The van der Waals surface area contributed by atoms with Gasteiger partial charge in [0, 0.05) is 32.4 Å². The number of aromatic nitrogens is 1. The monoisotopic (exact) mass is 289 g/mol. The fraction of sp³-hybridized carbons (Fsp3) is 0.625. The van der Waals surface area contributed by atoms with Crippen LogP contribution in [-0.4, -0.2) is 58.5 Å². The largest absolute Gasteiger partial charge is 0.383 e. The number of carbonyl (C=O) groups excluding carboxylic acids is 1. The summed E-state index contributed by atoms with van der Waals surface area (Å²) in [5.74, 6) is 0.232. The van der Waals surface area contributed by atoms with E-state index in [4.69, 9.17) is 0 Å². The SMILES string of the molecule is O=C(CN1CCC(O)(c2ccccn2)CC1)N1CCCC1. The molecule has 5 nitrogen and oxygen atoms in total. The maximum absolute atomic E-state index is 12.2. The number of hydrogen-bond donors (Lipinski definition) is 1. The summed E-state index contributed by atoms with van der Waals surface area (Å²) < 4.78 is 0. The van der Waals surface area contributed by atoms with Crippen molar-refractivity contribution in [1.29, 1.82) is 0 Å². The summed E-state index contributed by atoms with van der Waals surface area (Å²) in [5, 5.41) is 10.7. The topological polar surface area (TPSA) is 56.7 Å². The summed E-state index contributed by atoms with van der Waals surface area (Å²) in [7, 11) is 0. The summed E-state index contributed by atoms with van der Waals surface area (Å²) in [5.41, 5.74) is -0.0930. The number of amides is 1. The molecule has 1 aromatic rings. The van der Waals surface area contributed by atoms with Gasteiger partial charge in [0.05, 0.1) is 12.2 Å². The molecule has 3 heterocycles. The highest BCUT2D eigenvalue weighted by Crippen LogP contribution is 2.31. The lowest BCUT2D eigenvalue weighted by atomic mass is 9.88. The predicted molar refractivity (Wildman–Crippen MR) is 79.6 cm³/mol. The van der Waals surface area contributed by atoms with E-state index in [-0.39, 0.29) is 5.91 Å². The number of nitrogens with zero attached hydrogens (tertiary/aromatic N) is 3. The molecule has 2 fully saturated rings. The lowest BCUT2D eigenvalue weighted by Crippen LogP contribution is -2.47. The molecule has 21 heavy (non-hydrogen) atoms. The molecule has 1 amide bonds. The van der Waals surface area contributed by atoms with E-state index in [1.807, 2.05) is 23.1 Å². The van der Waals surface area contributed by atoms with E-state index in [0.29, 0.717) is 19.4 Å². The zero-order chi connectivity index (χ0) is 14.7. The molecule has 3 rings (SSSR count). The van der Waals surface area contributed by atoms with Crippen LogP contribution < -0.4 is 0 Å². The molecular weight excluding hydrogens is 266 g/mol. The molecule has 0 radical (unpaired) electrons. The maximum Gasteiger partial charge on any atom is 0.236 e. The van der Waals surface area contributed by atoms with Crippen molar-refractivity contribution >= 4 is 5.91 Å². The van der Waals surface area contributed by atoms with Crippen LogP contribution in [0.5, 0.6) is 0 Å². The van der Waals surface area contributed by atoms with Crippen molar-refractivity contribution in [2.24, 2.45) is 0 Å². The molecule has 2 aliphatic rings. The average Bonchev–Trinajstić information content (AvgIpc) is 3.05. The van der Waals surface area contributed by atoms with Gasteiger partial charge in [0.2, 0.25) is 5.91 Å². The Balaban J connectivity index is 1.54. The number of pyridine rings is 1. The van der Waals surface area contributed by atoms with Crippen LogP contribution in [0.2, 0.25) is 0 Å². The molecule has 114 valence electrons. The Kier molecular flexibility index (Phi) is 4.22. The first-order valence-corrected chi connectivity index (χ1v) is 7.81. The van der Waals surface area contributed by atoms with Crippen LogP contribution in [-0.2, 0) is 10.4 Å². The van der Waals surface area contributed by atoms with E-state index in [1.54, 1.807) is 6.20 Å². The average molecular weight is 289 g/mol. The molecule has 0 aliphatic carbocycles. The molecule has 0 saturated carbocycles. The van der Waals surface area contributed by atoms with Crippen molar-refractivity contribution < 1.29 is 9.90 Å². The van der Waals surface area contributed by atoms with Gasteiger partial charge in [0.1, 0.15) is 5.60 Å². The Morgan fingerprint density at radius 1 is 1.19 bits per heavy atom. The first-order chi connectivity index (χ1) is 10.2. The first-order valence-electron chi connectivity index (χ1n) is 7.81. The van der Waals surface area contributed by atoms with E-state index < -0.39 is 5.60 Å². The summed E-state index contributed by atoms with van der Waals surface area (Å²) in [6, 6.07) is 5.64. The number of aliphatic hydroxyl groups is 1. The Labute approximate surface area is 125 Å². The Hall–Kier alpha value is -1.46. The Morgan fingerprint density at radius 3 is 2.52 bits per heavy atom. The number of piperidine rings is 1. The van der Waals surface area contributed by atoms with Gasteiger partial charge in [-0.25, -0.2) is 0 Å². The third kappa shape index (κ3) is 3.24. The van der Waals surface area contributed by atoms with Crippen LogP contribution in [0.25, 0.3) is 0 Å². The van der Waals surface area contributed by atoms with Gasteiger partial charge in [0.15, 0.2) is 0 Å². The van der Waals surface area contributed by atoms with Crippen LogP contribution in [0.1, 0.15) is 31.4 Å². The van der Waals surface area contributed by atoms with Gasteiger partial charge in [-0.1, -0.05) is 6.07 Å². The minimum Gasteiger partial charge on any atom is -0.383 e. The molecule has 0 atom stereocenters. The third-order valence-electron chi connectivity index (χ3n) is 4.64. The highest BCUT2D eigenvalue weighted by molar-refractivity contribution is 5.78. The maximum atomic E-state index is 12.2. The Bertz CT molecular complexity index is 478. The third-order valence-corrected chi connectivity index (χ3v) is 4.64. The Morgan fingerprint density at radius 2 is 1.90 bits per heavy atom. The summed E-state index contributed by atoms with van der Waals surface area (Å²) >= 11 is 0. The van der Waals surface area contributed by atoms with Crippen LogP contribution in [0.3, 0.4) is 0 Å². The van der Waals surface area contributed by atoms with Crippen LogP contribution in [0.4, 0.5) is 0 Å². The molecule has 0 unspecified atom stereocenters. The first kappa shape index (κ1) is 14.5. The molecule has 0 spiro atoms. The van der Waals surface area contributed by atoms with Gasteiger partial charge in [-0.2, -0.15) is 0 Å².